The van der Waals surface area contributed by atoms with Crippen LogP contribution in [0.25, 0.3) is 10.8 Å². The number of rotatable bonds is 4. The van der Waals surface area contributed by atoms with Gasteiger partial charge in [-0.3, -0.25) is 9.90 Å². The van der Waals surface area contributed by atoms with Crippen LogP contribution in [0.15, 0.2) is 66.7 Å². The van der Waals surface area contributed by atoms with Gasteiger partial charge in [-0.15, -0.1) is 0 Å². The largest absolute Gasteiger partial charge is 0.396 e. The molecule has 0 saturated heterocycles. The minimum atomic E-state index is 0.0897. The van der Waals surface area contributed by atoms with E-state index >= 15 is 0 Å². The maximum atomic E-state index is 9.79. The van der Waals surface area contributed by atoms with Crippen LogP contribution in [0.1, 0.15) is 17.0 Å². The number of anilines is 1. The molecule has 3 heteroatoms. The van der Waals surface area contributed by atoms with Gasteiger partial charge in [0.25, 0.3) is 0 Å². The highest BCUT2D eigenvalue weighted by atomic mass is 16.7. The van der Waals surface area contributed by atoms with Crippen molar-refractivity contribution in [1.82, 2.24) is 0 Å². The number of hydroxylamine groups is 1. The van der Waals surface area contributed by atoms with Gasteiger partial charge in [0.05, 0.1) is 25.4 Å². The summed E-state index contributed by atoms with van der Waals surface area (Å²) in [4.78, 5) is 6.02. The van der Waals surface area contributed by atoms with Crippen molar-refractivity contribution in [1.29, 1.82) is 0 Å². The Morgan fingerprint density at radius 1 is 0.957 bits per heavy atom. The third-order valence-electron chi connectivity index (χ3n) is 4.46. The first kappa shape index (κ1) is 14.2. The molecule has 1 N–H and O–H groups in total. The highest BCUT2D eigenvalue weighted by Crippen LogP contribution is 2.41. The molecule has 0 amide bonds. The molecule has 0 aliphatic carbocycles. The minimum absolute atomic E-state index is 0.0897. The summed E-state index contributed by atoms with van der Waals surface area (Å²) in [5.41, 5.74) is 3.40. The van der Waals surface area contributed by atoms with Crippen LogP contribution in [0.2, 0.25) is 0 Å². The lowest BCUT2D eigenvalue weighted by atomic mass is 9.95. The van der Waals surface area contributed by atoms with Gasteiger partial charge in [0.2, 0.25) is 0 Å². The Bertz CT molecular complexity index is 816. The first-order chi connectivity index (χ1) is 11.4. The molecule has 3 nitrogen and oxygen atoms in total. The van der Waals surface area contributed by atoms with Crippen LogP contribution in [0.4, 0.5) is 5.69 Å². The van der Waals surface area contributed by atoms with Gasteiger partial charge in [0.15, 0.2) is 0 Å². The first-order valence-corrected chi connectivity index (χ1v) is 7.93. The van der Waals surface area contributed by atoms with Crippen LogP contribution in [0, 0.1) is 0 Å². The molecule has 0 radical (unpaired) electrons. The van der Waals surface area contributed by atoms with Crippen LogP contribution in [-0.2, 0) is 11.4 Å². The molecule has 1 unspecified atom stereocenters. The average molecular weight is 305 g/mol. The Morgan fingerprint density at radius 2 is 1.74 bits per heavy atom. The number of hydrogen-bond donors (Lipinski definition) is 1. The van der Waals surface area contributed by atoms with Crippen molar-refractivity contribution >= 4 is 16.5 Å². The second kappa shape index (κ2) is 6.03. The third-order valence-corrected chi connectivity index (χ3v) is 4.46. The molecule has 1 atom stereocenters. The zero-order chi connectivity index (χ0) is 15.6. The topological polar surface area (TPSA) is 32.7 Å². The molecule has 0 fully saturated rings. The van der Waals surface area contributed by atoms with E-state index in [-0.39, 0.29) is 12.5 Å². The van der Waals surface area contributed by atoms with Gasteiger partial charge in [-0.2, -0.15) is 0 Å². The zero-order valence-electron chi connectivity index (χ0n) is 12.9. The van der Waals surface area contributed by atoms with E-state index in [4.69, 9.17) is 4.84 Å². The minimum Gasteiger partial charge on any atom is -0.396 e. The van der Waals surface area contributed by atoms with Gasteiger partial charge in [-0.25, -0.2) is 0 Å². The molecule has 0 bridgehead atoms. The van der Waals surface area contributed by atoms with Crippen molar-refractivity contribution in [2.45, 2.75) is 12.5 Å². The predicted molar refractivity (Wildman–Crippen MR) is 92.4 cm³/mol. The van der Waals surface area contributed by atoms with Crippen molar-refractivity contribution in [2.75, 3.05) is 18.2 Å². The van der Waals surface area contributed by atoms with Crippen molar-refractivity contribution < 1.29 is 9.94 Å². The molecule has 1 aliphatic rings. The fourth-order valence-electron chi connectivity index (χ4n) is 3.32. The van der Waals surface area contributed by atoms with E-state index in [1.165, 1.54) is 16.3 Å². The van der Waals surface area contributed by atoms with E-state index < -0.39 is 0 Å². The maximum absolute atomic E-state index is 9.79. The van der Waals surface area contributed by atoms with Gasteiger partial charge in [0, 0.05) is 5.92 Å². The van der Waals surface area contributed by atoms with E-state index in [0.29, 0.717) is 13.2 Å². The lowest BCUT2D eigenvalue weighted by molar-refractivity contribution is 0.0939. The Labute approximate surface area is 135 Å². The standard InChI is InChI=1S/C20H19NO2/c22-13-17-12-21(23-14-15-6-2-1-3-7-15)19-11-10-16-8-4-5-9-18(16)20(17)19/h1-11,17,22H,12-14H2. The van der Waals surface area contributed by atoms with Crippen LogP contribution >= 0.6 is 0 Å². The number of fused-ring (bicyclic) bond motifs is 3. The smallest absolute Gasteiger partial charge is 0.0999 e. The van der Waals surface area contributed by atoms with E-state index in [1.807, 2.05) is 35.4 Å². The highest BCUT2D eigenvalue weighted by Gasteiger charge is 2.30. The molecule has 3 aromatic rings. The third kappa shape index (κ3) is 2.58. The van der Waals surface area contributed by atoms with Crippen LogP contribution in [-0.4, -0.2) is 18.3 Å². The maximum Gasteiger partial charge on any atom is 0.0999 e. The SMILES string of the molecule is OCC1CN(OCc2ccccc2)c2ccc3ccccc3c21. The van der Waals surface area contributed by atoms with E-state index in [1.54, 1.807) is 0 Å². The van der Waals surface area contributed by atoms with Crippen LogP contribution < -0.4 is 5.06 Å². The Balaban J connectivity index is 1.66. The number of nitrogens with zero attached hydrogens (tertiary/aromatic N) is 1. The zero-order valence-corrected chi connectivity index (χ0v) is 12.9. The van der Waals surface area contributed by atoms with Gasteiger partial charge in [0.1, 0.15) is 0 Å². The van der Waals surface area contributed by atoms with Crippen molar-refractivity contribution in [3.05, 3.63) is 77.9 Å². The fraction of sp³-hybridized carbons (Fsp3) is 0.200. The molecule has 116 valence electrons. The molecule has 3 aromatic carbocycles. The summed E-state index contributed by atoms with van der Waals surface area (Å²) in [5, 5.41) is 14.1. The first-order valence-electron chi connectivity index (χ1n) is 7.93. The summed E-state index contributed by atoms with van der Waals surface area (Å²) in [6.45, 7) is 1.35. The summed E-state index contributed by atoms with van der Waals surface area (Å²) >= 11 is 0. The quantitative estimate of drug-likeness (QED) is 0.794. The molecule has 4 rings (SSSR count). The van der Waals surface area contributed by atoms with Gasteiger partial charge >= 0.3 is 0 Å². The lowest BCUT2D eigenvalue weighted by Gasteiger charge is -2.19. The Morgan fingerprint density at radius 3 is 2.57 bits per heavy atom. The Hall–Kier alpha value is -2.36. The fourth-order valence-corrected chi connectivity index (χ4v) is 3.32. The van der Waals surface area contributed by atoms with E-state index in [2.05, 4.69) is 36.4 Å². The molecular formula is C20H19NO2. The number of hydrogen-bond acceptors (Lipinski definition) is 3. The van der Waals surface area contributed by atoms with Crippen molar-refractivity contribution in [3.63, 3.8) is 0 Å². The lowest BCUT2D eigenvalue weighted by Crippen LogP contribution is -2.23. The van der Waals surface area contributed by atoms with Gasteiger partial charge in [-0.1, -0.05) is 60.7 Å². The summed E-state index contributed by atoms with van der Waals surface area (Å²) in [7, 11) is 0. The Kier molecular flexibility index (Phi) is 3.74. The van der Waals surface area contributed by atoms with Gasteiger partial charge in [-0.05, 0) is 28.0 Å². The molecule has 1 heterocycles. The summed E-state index contributed by atoms with van der Waals surface area (Å²) < 4.78 is 0. The average Bonchev–Trinajstić information content (AvgIpc) is 2.99. The number of aliphatic hydroxyl groups is 1. The monoisotopic (exact) mass is 305 g/mol. The molecule has 0 aromatic heterocycles. The highest BCUT2D eigenvalue weighted by molar-refractivity contribution is 5.92. The molecule has 1 aliphatic heterocycles. The van der Waals surface area contributed by atoms with E-state index in [9.17, 15) is 5.11 Å². The van der Waals surface area contributed by atoms with E-state index in [0.717, 1.165) is 11.3 Å². The summed E-state index contributed by atoms with van der Waals surface area (Å²) in [6, 6.07) is 22.7. The molecule has 0 spiro atoms. The van der Waals surface area contributed by atoms with Gasteiger partial charge < -0.3 is 5.11 Å². The molecule has 23 heavy (non-hydrogen) atoms. The summed E-state index contributed by atoms with van der Waals surface area (Å²) in [5.74, 6) is 0.0897. The normalized spacial score (nSPS) is 16.7. The summed E-state index contributed by atoms with van der Waals surface area (Å²) in [6.07, 6.45) is 0. The van der Waals surface area contributed by atoms with Crippen LogP contribution in [0.5, 0.6) is 0 Å². The number of benzene rings is 3. The van der Waals surface area contributed by atoms with Crippen molar-refractivity contribution in [3.8, 4) is 0 Å². The molecular weight excluding hydrogens is 286 g/mol. The van der Waals surface area contributed by atoms with Crippen molar-refractivity contribution in [2.24, 2.45) is 0 Å². The second-order valence-corrected chi connectivity index (χ2v) is 5.92. The predicted octanol–water partition coefficient (Wildman–Crippen LogP) is 3.87. The number of aliphatic hydroxyl groups excluding tert-OH is 1. The second-order valence-electron chi connectivity index (χ2n) is 5.92. The molecule has 0 saturated carbocycles. The van der Waals surface area contributed by atoms with Crippen LogP contribution in [0.3, 0.4) is 0 Å².